The first-order valence-corrected chi connectivity index (χ1v) is 13.5. The minimum absolute atomic E-state index is 0.0651. The number of carbonyl (C=O) groups excluding carboxylic acids is 2. The van der Waals surface area contributed by atoms with Gasteiger partial charge in [-0.25, -0.2) is 0 Å². The Morgan fingerprint density at radius 2 is 1.80 bits per heavy atom. The number of morpholine rings is 1. The molecular formula is C30H35N3O7. The zero-order valence-electron chi connectivity index (χ0n) is 22.8. The average molecular weight is 550 g/mol. The lowest BCUT2D eigenvalue weighted by Gasteiger charge is -2.30. The van der Waals surface area contributed by atoms with E-state index in [9.17, 15) is 9.59 Å². The van der Waals surface area contributed by atoms with E-state index in [0.717, 1.165) is 31.6 Å². The minimum Gasteiger partial charge on any atom is -0.497 e. The summed E-state index contributed by atoms with van der Waals surface area (Å²) in [4.78, 5) is 33.1. The van der Waals surface area contributed by atoms with E-state index < -0.39 is 0 Å². The molecule has 1 aromatic heterocycles. The van der Waals surface area contributed by atoms with Gasteiger partial charge in [-0.3, -0.25) is 14.5 Å². The largest absolute Gasteiger partial charge is 0.497 e. The summed E-state index contributed by atoms with van der Waals surface area (Å²) in [5.41, 5.74) is 1.37. The third kappa shape index (κ3) is 7.13. The molecule has 10 nitrogen and oxygen atoms in total. The second kappa shape index (κ2) is 13.4. The summed E-state index contributed by atoms with van der Waals surface area (Å²) in [5, 5.41) is 0. The van der Waals surface area contributed by atoms with E-state index in [1.54, 1.807) is 53.5 Å². The fraction of sp³-hybridized carbons (Fsp3) is 0.400. The van der Waals surface area contributed by atoms with E-state index in [1.807, 2.05) is 24.3 Å². The van der Waals surface area contributed by atoms with Gasteiger partial charge in [0.05, 0.1) is 33.1 Å². The number of nitrogens with zero attached hydrogens (tertiary/aromatic N) is 3. The lowest BCUT2D eigenvalue weighted by molar-refractivity contribution is -0.133. The zero-order valence-corrected chi connectivity index (χ0v) is 22.8. The second-order valence-corrected chi connectivity index (χ2v) is 9.78. The monoisotopic (exact) mass is 549 g/mol. The number of hydrogen-bond donors (Lipinski definition) is 0. The van der Waals surface area contributed by atoms with Crippen molar-refractivity contribution in [2.45, 2.75) is 19.5 Å². The van der Waals surface area contributed by atoms with Crippen LogP contribution in [0.4, 0.5) is 0 Å². The number of rotatable bonds is 12. The Labute approximate surface area is 233 Å². The van der Waals surface area contributed by atoms with Crippen molar-refractivity contribution in [3.8, 4) is 17.2 Å². The molecule has 5 rings (SSSR count). The molecule has 0 unspecified atom stereocenters. The van der Waals surface area contributed by atoms with Crippen molar-refractivity contribution in [2.24, 2.45) is 0 Å². The molecule has 1 fully saturated rings. The van der Waals surface area contributed by atoms with Gasteiger partial charge >= 0.3 is 0 Å². The van der Waals surface area contributed by atoms with Crippen LogP contribution < -0.4 is 14.2 Å². The van der Waals surface area contributed by atoms with E-state index in [0.29, 0.717) is 54.9 Å². The van der Waals surface area contributed by atoms with Gasteiger partial charge < -0.3 is 33.2 Å². The number of benzene rings is 2. The topological polar surface area (TPSA) is 93.9 Å². The molecule has 3 heterocycles. The van der Waals surface area contributed by atoms with Crippen molar-refractivity contribution in [3.05, 3.63) is 77.7 Å². The van der Waals surface area contributed by atoms with Gasteiger partial charge in [-0.15, -0.1) is 0 Å². The molecule has 2 aliphatic heterocycles. The van der Waals surface area contributed by atoms with Gasteiger partial charge in [0.25, 0.3) is 5.91 Å². The summed E-state index contributed by atoms with van der Waals surface area (Å²) in [6, 6.07) is 16.3. The quantitative estimate of drug-likeness (QED) is 0.339. The van der Waals surface area contributed by atoms with Crippen LogP contribution in [0.5, 0.6) is 17.2 Å². The highest BCUT2D eigenvalue weighted by atomic mass is 16.7. The number of hydrogen-bond acceptors (Lipinski definition) is 8. The Kier molecular flexibility index (Phi) is 9.20. The van der Waals surface area contributed by atoms with Crippen LogP contribution in [0.25, 0.3) is 0 Å². The molecule has 2 amide bonds. The molecule has 0 N–H and O–H groups in total. The Hall–Kier alpha value is -4.02. The van der Waals surface area contributed by atoms with Gasteiger partial charge in [0.1, 0.15) is 18.1 Å². The molecule has 40 heavy (non-hydrogen) atoms. The van der Waals surface area contributed by atoms with Crippen molar-refractivity contribution >= 4 is 11.8 Å². The lowest BCUT2D eigenvalue weighted by atomic mass is 10.1. The normalized spacial score (nSPS) is 14.6. The average Bonchev–Trinajstić information content (AvgIpc) is 3.68. The van der Waals surface area contributed by atoms with Crippen LogP contribution in [0.3, 0.4) is 0 Å². The maximum absolute atomic E-state index is 13.8. The molecule has 2 aromatic carbocycles. The summed E-state index contributed by atoms with van der Waals surface area (Å²) in [6.45, 7) is 5.15. The van der Waals surface area contributed by atoms with Crippen LogP contribution in [0.1, 0.15) is 28.1 Å². The smallest absolute Gasteiger partial charge is 0.254 e. The highest BCUT2D eigenvalue weighted by Gasteiger charge is 2.25. The van der Waals surface area contributed by atoms with Crippen LogP contribution in [-0.4, -0.2) is 86.4 Å². The highest BCUT2D eigenvalue weighted by molar-refractivity contribution is 5.96. The molecular weight excluding hydrogens is 514 g/mol. The van der Waals surface area contributed by atoms with E-state index in [-0.39, 0.29) is 31.7 Å². The molecule has 0 radical (unpaired) electrons. The molecule has 212 valence electrons. The first-order valence-electron chi connectivity index (χ1n) is 13.5. The van der Waals surface area contributed by atoms with Gasteiger partial charge in [0.2, 0.25) is 12.7 Å². The summed E-state index contributed by atoms with van der Waals surface area (Å²) >= 11 is 0. The van der Waals surface area contributed by atoms with E-state index >= 15 is 0 Å². The van der Waals surface area contributed by atoms with Crippen molar-refractivity contribution in [1.82, 2.24) is 14.7 Å². The summed E-state index contributed by atoms with van der Waals surface area (Å²) in [7, 11) is 1.57. The van der Waals surface area contributed by atoms with Gasteiger partial charge in [0.15, 0.2) is 11.5 Å². The fourth-order valence-corrected chi connectivity index (χ4v) is 4.85. The molecule has 0 aliphatic carbocycles. The van der Waals surface area contributed by atoms with Gasteiger partial charge in [-0.05, 0) is 54.4 Å². The summed E-state index contributed by atoms with van der Waals surface area (Å²) < 4.78 is 27.3. The Morgan fingerprint density at radius 1 is 0.950 bits per heavy atom. The van der Waals surface area contributed by atoms with Crippen molar-refractivity contribution in [3.63, 3.8) is 0 Å². The van der Waals surface area contributed by atoms with Crippen molar-refractivity contribution in [2.75, 3.05) is 59.8 Å². The second-order valence-electron chi connectivity index (χ2n) is 9.78. The highest BCUT2D eigenvalue weighted by Crippen LogP contribution is 2.33. The van der Waals surface area contributed by atoms with Gasteiger partial charge in [-0.1, -0.05) is 12.1 Å². The maximum Gasteiger partial charge on any atom is 0.254 e. The Morgan fingerprint density at radius 3 is 2.60 bits per heavy atom. The van der Waals surface area contributed by atoms with Gasteiger partial charge in [-0.2, -0.15) is 0 Å². The number of methoxy groups -OCH3 is 1. The number of fused-ring (bicyclic) bond motifs is 1. The Bertz CT molecular complexity index is 1270. The standard InChI is InChI=1S/C30H35N3O7/c1-36-25-6-2-5-24(18-25)30(35)32(11-4-10-31-12-15-37-16-13-31)21-29(34)33(20-26-7-3-14-38-26)19-23-8-9-27-28(17-23)40-22-39-27/h2-3,5-9,14,17-18H,4,10-13,15-16,19-22H2,1H3. The number of amides is 2. The van der Waals surface area contributed by atoms with Crippen LogP contribution in [-0.2, 0) is 22.6 Å². The molecule has 1 saturated heterocycles. The van der Waals surface area contributed by atoms with Crippen LogP contribution in [0.2, 0.25) is 0 Å². The molecule has 2 aliphatic rings. The SMILES string of the molecule is COc1cccc(C(=O)N(CCCN2CCOCC2)CC(=O)N(Cc2ccc3c(c2)OCO3)Cc2ccco2)c1. The van der Waals surface area contributed by atoms with E-state index in [4.69, 9.17) is 23.4 Å². The van der Waals surface area contributed by atoms with E-state index in [1.165, 1.54) is 0 Å². The third-order valence-electron chi connectivity index (χ3n) is 7.03. The predicted molar refractivity (Wildman–Crippen MR) is 146 cm³/mol. The number of carbonyl (C=O) groups is 2. The molecule has 0 spiro atoms. The molecule has 3 aromatic rings. The van der Waals surface area contributed by atoms with Crippen LogP contribution in [0, 0.1) is 0 Å². The lowest BCUT2D eigenvalue weighted by Crippen LogP contribution is -2.44. The molecule has 0 bridgehead atoms. The third-order valence-corrected chi connectivity index (χ3v) is 7.03. The summed E-state index contributed by atoms with van der Waals surface area (Å²) in [5.74, 6) is 2.19. The first-order chi connectivity index (χ1) is 19.6. The molecule has 0 atom stereocenters. The van der Waals surface area contributed by atoms with Crippen LogP contribution >= 0.6 is 0 Å². The fourth-order valence-electron chi connectivity index (χ4n) is 4.85. The Balaban J connectivity index is 1.33. The number of ether oxygens (including phenoxy) is 4. The van der Waals surface area contributed by atoms with E-state index in [2.05, 4.69) is 4.90 Å². The summed E-state index contributed by atoms with van der Waals surface area (Å²) in [6.07, 6.45) is 2.33. The van der Waals surface area contributed by atoms with Crippen LogP contribution in [0.15, 0.2) is 65.3 Å². The number of furan rings is 1. The maximum atomic E-state index is 13.8. The minimum atomic E-state index is -0.213. The zero-order chi connectivity index (χ0) is 27.7. The predicted octanol–water partition coefficient (Wildman–Crippen LogP) is 3.41. The van der Waals surface area contributed by atoms with Crippen molar-refractivity contribution in [1.29, 1.82) is 0 Å². The molecule has 10 heteroatoms. The first kappa shape index (κ1) is 27.5. The van der Waals surface area contributed by atoms with Crippen molar-refractivity contribution < 1.29 is 33.0 Å². The molecule has 0 saturated carbocycles. The van der Waals surface area contributed by atoms with Gasteiger partial charge in [0, 0.05) is 38.3 Å².